The molecule has 5 nitrogen and oxygen atoms in total. The molecular formula is C13H19N3O2. The second kappa shape index (κ2) is 5.27. The van der Waals surface area contributed by atoms with Gasteiger partial charge in [0.1, 0.15) is 5.52 Å². The maximum absolute atomic E-state index is 5.75. The van der Waals surface area contributed by atoms with E-state index < -0.39 is 0 Å². The normalized spacial score (nSPS) is 11.3. The molecule has 1 aromatic heterocycles. The Bertz CT molecular complexity index is 522. The molecule has 0 bridgehead atoms. The number of benzene rings is 1. The maximum atomic E-state index is 5.75. The minimum atomic E-state index is 0.297. The number of rotatable bonds is 5. The average molecular weight is 249 g/mol. The Morgan fingerprint density at radius 1 is 1.44 bits per heavy atom. The molecule has 0 amide bonds. The molecule has 0 aliphatic heterocycles. The van der Waals surface area contributed by atoms with Crippen LogP contribution in [-0.4, -0.2) is 31.3 Å². The quantitative estimate of drug-likeness (QED) is 0.823. The van der Waals surface area contributed by atoms with Crippen molar-refractivity contribution in [1.82, 2.24) is 4.98 Å². The highest BCUT2D eigenvalue weighted by atomic mass is 16.5. The van der Waals surface area contributed by atoms with Crippen molar-refractivity contribution in [2.24, 2.45) is 0 Å². The third kappa shape index (κ3) is 2.56. The Labute approximate surface area is 107 Å². The summed E-state index contributed by atoms with van der Waals surface area (Å²) < 4.78 is 10.9. The molecule has 98 valence electrons. The van der Waals surface area contributed by atoms with Crippen LogP contribution in [0.1, 0.15) is 13.8 Å². The first-order valence-electron chi connectivity index (χ1n) is 6.03. The van der Waals surface area contributed by atoms with Crippen LogP contribution < -0.4 is 10.6 Å². The molecular weight excluding hydrogens is 230 g/mol. The number of nitrogen functional groups attached to an aromatic ring is 1. The Kier molecular flexibility index (Phi) is 3.72. The molecule has 0 saturated heterocycles. The number of hydrogen-bond acceptors (Lipinski definition) is 5. The number of nitrogens with two attached hydrogens (primary N) is 1. The second-order valence-corrected chi connectivity index (χ2v) is 4.50. The van der Waals surface area contributed by atoms with E-state index in [2.05, 4.69) is 23.7 Å². The first kappa shape index (κ1) is 12.7. The zero-order valence-electron chi connectivity index (χ0n) is 11.0. The van der Waals surface area contributed by atoms with Crippen molar-refractivity contribution in [3.63, 3.8) is 0 Å². The third-order valence-corrected chi connectivity index (χ3v) is 2.81. The van der Waals surface area contributed by atoms with Crippen LogP contribution in [0.3, 0.4) is 0 Å². The molecule has 1 heterocycles. The van der Waals surface area contributed by atoms with Crippen LogP contribution in [-0.2, 0) is 4.74 Å². The van der Waals surface area contributed by atoms with E-state index in [1.165, 1.54) is 0 Å². The molecule has 18 heavy (non-hydrogen) atoms. The summed E-state index contributed by atoms with van der Waals surface area (Å²) >= 11 is 0. The van der Waals surface area contributed by atoms with Crippen molar-refractivity contribution in [2.75, 3.05) is 30.9 Å². The van der Waals surface area contributed by atoms with Gasteiger partial charge in [0.25, 0.3) is 6.01 Å². The van der Waals surface area contributed by atoms with Gasteiger partial charge in [0.15, 0.2) is 5.58 Å². The fraction of sp³-hybridized carbons (Fsp3) is 0.462. The number of oxazole rings is 1. The molecule has 0 unspecified atom stereocenters. The van der Waals surface area contributed by atoms with Crippen molar-refractivity contribution in [2.45, 2.75) is 19.9 Å². The van der Waals surface area contributed by atoms with Crippen LogP contribution in [0.2, 0.25) is 0 Å². The second-order valence-electron chi connectivity index (χ2n) is 4.50. The fourth-order valence-electron chi connectivity index (χ4n) is 1.82. The van der Waals surface area contributed by atoms with Gasteiger partial charge in [0.05, 0.1) is 6.61 Å². The van der Waals surface area contributed by atoms with Crippen molar-refractivity contribution in [1.29, 1.82) is 0 Å². The average Bonchev–Trinajstić information content (AvgIpc) is 2.71. The summed E-state index contributed by atoms with van der Waals surface area (Å²) in [5.74, 6) is 0. The van der Waals surface area contributed by atoms with E-state index in [1.807, 2.05) is 12.1 Å². The van der Waals surface area contributed by atoms with Crippen LogP contribution in [0.5, 0.6) is 0 Å². The summed E-state index contributed by atoms with van der Waals surface area (Å²) in [5.41, 5.74) is 7.94. The van der Waals surface area contributed by atoms with E-state index in [0.29, 0.717) is 29.9 Å². The number of ether oxygens (including phenoxy) is 1. The summed E-state index contributed by atoms with van der Waals surface area (Å²) in [6.45, 7) is 5.58. The predicted octanol–water partition coefficient (Wildman–Crippen LogP) is 2.27. The number of hydrogen-bond donors (Lipinski definition) is 1. The Balaban J connectivity index is 2.32. The van der Waals surface area contributed by atoms with Gasteiger partial charge < -0.3 is 19.8 Å². The molecule has 0 atom stereocenters. The highest BCUT2D eigenvalue weighted by Gasteiger charge is 2.16. The van der Waals surface area contributed by atoms with Crippen molar-refractivity contribution >= 4 is 22.8 Å². The minimum absolute atomic E-state index is 0.297. The number of nitrogens with zero attached hydrogens (tertiary/aromatic N) is 2. The smallest absolute Gasteiger partial charge is 0.298 e. The summed E-state index contributed by atoms with van der Waals surface area (Å²) in [6.07, 6.45) is 0. The standard InChI is InChI=1S/C13H19N3O2/c1-9(2)16(6-7-17-3)13-15-11-5-4-10(14)8-12(11)18-13/h4-5,8-9H,6-7,14H2,1-3H3. The predicted molar refractivity (Wildman–Crippen MR) is 72.8 cm³/mol. The highest BCUT2D eigenvalue weighted by molar-refractivity contribution is 5.78. The summed E-state index contributed by atoms with van der Waals surface area (Å²) in [6, 6.07) is 6.39. The molecule has 0 fully saturated rings. The lowest BCUT2D eigenvalue weighted by atomic mass is 10.3. The Morgan fingerprint density at radius 3 is 2.89 bits per heavy atom. The van der Waals surface area contributed by atoms with Crippen LogP contribution in [0.15, 0.2) is 22.6 Å². The van der Waals surface area contributed by atoms with Crippen LogP contribution >= 0.6 is 0 Å². The Morgan fingerprint density at radius 2 is 2.22 bits per heavy atom. The Hall–Kier alpha value is -1.75. The SMILES string of the molecule is COCCN(c1nc2ccc(N)cc2o1)C(C)C. The number of aromatic nitrogens is 1. The first-order valence-corrected chi connectivity index (χ1v) is 6.03. The molecule has 2 N–H and O–H groups in total. The van der Waals surface area contributed by atoms with Crippen molar-refractivity contribution in [3.8, 4) is 0 Å². The van der Waals surface area contributed by atoms with Gasteiger partial charge in [-0.05, 0) is 26.0 Å². The fourth-order valence-corrected chi connectivity index (χ4v) is 1.82. The molecule has 2 aromatic rings. The zero-order chi connectivity index (χ0) is 13.1. The van der Waals surface area contributed by atoms with Gasteiger partial charge in [0, 0.05) is 31.5 Å². The van der Waals surface area contributed by atoms with E-state index in [-0.39, 0.29) is 0 Å². The zero-order valence-corrected chi connectivity index (χ0v) is 11.0. The molecule has 0 spiro atoms. The molecule has 0 aliphatic carbocycles. The van der Waals surface area contributed by atoms with Gasteiger partial charge in [-0.15, -0.1) is 0 Å². The van der Waals surface area contributed by atoms with Gasteiger partial charge in [-0.1, -0.05) is 0 Å². The summed E-state index contributed by atoms with van der Waals surface area (Å²) in [5, 5.41) is 0. The lowest BCUT2D eigenvalue weighted by Gasteiger charge is -2.24. The van der Waals surface area contributed by atoms with Crippen LogP contribution in [0, 0.1) is 0 Å². The van der Waals surface area contributed by atoms with E-state index in [0.717, 1.165) is 12.1 Å². The molecule has 0 aliphatic rings. The van der Waals surface area contributed by atoms with E-state index in [9.17, 15) is 0 Å². The lowest BCUT2D eigenvalue weighted by molar-refractivity contribution is 0.202. The lowest BCUT2D eigenvalue weighted by Crippen LogP contribution is -2.34. The molecule has 0 saturated carbocycles. The summed E-state index contributed by atoms with van der Waals surface area (Å²) in [4.78, 5) is 6.55. The van der Waals surface area contributed by atoms with Gasteiger partial charge in [0.2, 0.25) is 0 Å². The van der Waals surface area contributed by atoms with Crippen molar-refractivity contribution < 1.29 is 9.15 Å². The molecule has 5 heteroatoms. The minimum Gasteiger partial charge on any atom is -0.423 e. The van der Waals surface area contributed by atoms with Gasteiger partial charge in [-0.25, -0.2) is 0 Å². The number of fused-ring (bicyclic) bond motifs is 1. The maximum Gasteiger partial charge on any atom is 0.298 e. The molecule has 2 rings (SSSR count). The van der Waals surface area contributed by atoms with E-state index in [1.54, 1.807) is 13.2 Å². The van der Waals surface area contributed by atoms with Gasteiger partial charge >= 0.3 is 0 Å². The van der Waals surface area contributed by atoms with E-state index in [4.69, 9.17) is 14.9 Å². The number of methoxy groups -OCH3 is 1. The summed E-state index contributed by atoms with van der Waals surface area (Å²) in [7, 11) is 1.69. The molecule has 0 radical (unpaired) electrons. The van der Waals surface area contributed by atoms with Crippen LogP contribution in [0.4, 0.5) is 11.7 Å². The highest BCUT2D eigenvalue weighted by Crippen LogP contribution is 2.24. The monoisotopic (exact) mass is 249 g/mol. The van der Waals surface area contributed by atoms with Crippen LogP contribution in [0.25, 0.3) is 11.1 Å². The number of anilines is 2. The topological polar surface area (TPSA) is 64.5 Å². The van der Waals surface area contributed by atoms with Gasteiger partial charge in [-0.3, -0.25) is 0 Å². The third-order valence-electron chi connectivity index (χ3n) is 2.81. The molecule has 1 aromatic carbocycles. The largest absolute Gasteiger partial charge is 0.423 e. The first-order chi connectivity index (χ1) is 8.61. The van der Waals surface area contributed by atoms with Gasteiger partial charge in [-0.2, -0.15) is 4.98 Å². The van der Waals surface area contributed by atoms with E-state index >= 15 is 0 Å². The van der Waals surface area contributed by atoms with Crippen molar-refractivity contribution in [3.05, 3.63) is 18.2 Å².